The van der Waals surface area contributed by atoms with Gasteiger partial charge in [-0.1, -0.05) is 72.0 Å². The van der Waals surface area contributed by atoms with Crippen molar-refractivity contribution in [3.63, 3.8) is 0 Å². The first kappa shape index (κ1) is 25.2. The fraction of sp³-hybridized carbons (Fsp3) is 0.267. The summed E-state index contributed by atoms with van der Waals surface area (Å²) in [5, 5.41) is 13.7. The van der Waals surface area contributed by atoms with Gasteiger partial charge in [-0.15, -0.1) is 0 Å². The Labute approximate surface area is 212 Å². The Hall–Kier alpha value is -3.90. The molecule has 1 amide bonds. The third kappa shape index (κ3) is 5.34. The fourth-order valence-corrected chi connectivity index (χ4v) is 4.38. The van der Waals surface area contributed by atoms with Crippen molar-refractivity contribution in [2.45, 2.75) is 26.5 Å². The minimum atomic E-state index is -0.721. The van der Waals surface area contributed by atoms with Gasteiger partial charge in [0.05, 0.1) is 33.2 Å². The maximum absolute atomic E-state index is 13.7. The molecule has 1 N–H and O–H groups in total. The van der Waals surface area contributed by atoms with E-state index in [1.807, 2.05) is 82.5 Å². The van der Waals surface area contributed by atoms with Gasteiger partial charge in [-0.2, -0.15) is 0 Å². The van der Waals surface area contributed by atoms with E-state index in [0.29, 0.717) is 31.0 Å². The lowest BCUT2D eigenvalue weighted by Gasteiger charge is -2.28. The van der Waals surface area contributed by atoms with Crippen molar-refractivity contribution < 1.29 is 24.3 Å². The normalized spacial score (nSPS) is 17.1. The summed E-state index contributed by atoms with van der Waals surface area (Å²) in [5.74, 6) is -1.10. The first-order chi connectivity index (χ1) is 17.3. The van der Waals surface area contributed by atoms with Crippen LogP contribution in [0.1, 0.15) is 33.9 Å². The van der Waals surface area contributed by atoms with Gasteiger partial charge in [0.2, 0.25) is 5.78 Å². The van der Waals surface area contributed by atoms with Crippen LogP contribution in [0.25, 0.3) is 5.76 Å². The molecule has 1 aliphatic rings. The zero-order valence-corrected chi connectivity index (χ0v) is 21.2. The van der Waals surface area contributed by atoms with E-state index in [-0.39, 0.29) is 5.57 Å². The Morgan fingerprint density at radius 3 is 2.31 bits per heavy atom. The van der Waals surface area contributed by atoms with Gasteiger partial charge in [0.1, 0.15) is 12.4 Å². The van der Waals surface area contributed by atoms with Crippen LogP contribution >= 0.6 is 0 Å². The molecule has 1 saturated heterocycles. The topological polar surface area (TPSA) is 74.1 Å². The number of hydrogen-bond acceptors (Lipinski definition) is 4. The van der Waals surface area contributed by atoms with Crippen LogP contribution in [-0.2, 0) is 16.2 Å². The molecule has 3 aromatic rings. The van der Waals surface area contributed by atoms with Gasteiger partial charge in [0, 0.05) is 5.57 Å². The summed E-state index contributed by atoms with van der Waals surface area (Å²) in [7, 11) is 3.98. The minimum absolute atomic E-state index is 0.00923. The second kappa shape index (κ2) is 10.8. The highest BCUT2D eigenvalue weighted by atomic mass is 16.5. The number of likely N-dealkylation sites (N-methyl/N-ethyl adjacent to an activating group) is 1. The van der Waals surface area contributed by atoms with Crippen LogP contribution in [0.3, 0.4) is 0 Å². The summed E-state index contributed by atoms with van der Waals surface area (Å²) in [6, 6.07) is 21.9. The first-order valence-electron chi connectivity index (χ1n) is 12.2. The van der Waals surface area contributed by atoms with Crippen LogP contribution in [0.15, 0.2) is 78.4 Å². The van der Waals surface area contributed by atoms with Crippen molar-refractivity contribution >= 4 is 17.4 Å². The quantitative estimate of drug-likeness (QED) is 0.302. The lowest BCUT2D eigenvalue weighted by Crippen LogP contribution is -3.06. The first-order valence-corrected chi connectivity index (χ1v) is 12.2. The molecule has 0 spiro atoms. The molecule has 1 fully saturated rings. The molecule has 4 rings (SSSR count). The van der Waals surface area contributed by atoms with Gasteiger partial charge in [-0.25, -0.2) is 0 Å². The summed E-state index contributed by atoms with van der Waals surface area (Å²) in [5.41, 5.74) is 4.03. The number of hydrogen-bond donors (Lipinski definition) is 1. The molecule has 0 aliphatic carbocycles. The van der Waals surface area contributed by atoms with Crippen molar-refractivity contribution in [3.8, 4) is 5.75 Å². The number of quaternary nitrogens is 1. The maximum atomic E-state index is 13.7. The molecule has 36 heavy (non-hydrogen) atoms. The van der Waals surface area contributed by atoms with Gasteiger partial charge >= 0.3 is 0 Å². The van der Waals surface area contributed by atoms with E-state index in [1.165, 1.54) is 4.90 Å². The standard InChI is InChI=1S/C30H32N2O4/c1-20-10-12-23(13-11-20)27-26(29(34)30(35)32(27)17-16-31(3)4)28(33)24-14-15-25(21(2)18-24)36-19-22-8-6-5-7-9-22/h5-15,18,27,33H,16-17,19H2,1-4H3. The smallest absolute Gasteiger partial charge is 0.295 e. The molecule has 1 heterocycles. The number of likely N-dealkylation sites (tertiary alicyclic amines) is 1. The number of amides is 1. The summed E-state index contributed by atoms with van der Waals surface area (Å²) in [6.07, 6.45) is 0. The Balaban J connectivity index is 1.69. The Bertz CT molecular complexity index is 1280. The van der Waals surface area contributed by atoms with Crippen LogP contribution in [0, 0.1) is 13.8 Å². The van der Waals surface area contributed by atoms with E-state index < -0.39 is 23.5 Å². The van der Waals surface area contributed by atoms with E-state index in [0.717, 1.165) is 27.2 Å². The molecule has 1 unspecified atom stereocenters. The number of rotatable bonds is 8. The molecule has 186 valence electrons. The summed E-state index contributed by atoms with van der Waals surface area (Å²) >= 11 is 0. The van der Waals surface area contributed by atoms with Crippen LogP contribution in [0.2, 0.25) is 0 Å². The molecule has 1 atom stereocenters. The zero-order chi connectivity index (χ0) is 25.8. The van der Waals surface area contributed by atoms with Crippen molar-refractivity contribution in [2.24, 2.45) is 0 Å². The predicted octanol–water partition coefficient (Wildman–Crippen LogP) is 2.25. The molecule has 0 bridgehead atoms. The van der Waals surface area contributed by atoms with E-state index in [2.05, 4.69) is 0 Å². The lowest BCUT2D eigenvalue weighted by molar-refractivity contribution is -0.857. The third-order valence-corrected chi connectivity index (χ3v) is 6.45. The number of nitrogens with zero attached hydrogens (tertiary/aromatic N) is 1. The molecule has 0 aromatic heterocycles. The van der Waals surface area contributed by atoms with Crippen molar-refractivity contribution in [2.75, 3.05) is 27.2 Å². The average molecular weight is 485 g/mol. The highest BCUT2D eigenvalue weighted by Gasteiger charge is 2.44. The lowest BCUT2D eigenvalue weighted by atomic mass is 9.94. The second-order valence-electron chi connectivity index (χ2n) is 9.60. The third-order valence-electron chi connectivity index (χ3n) is 6.45. The average Bonchev–Trinajstić information content (AvgIpc) is 3.12. The Morgan fingerprint density at radius 1 is 0.972 bits per heavy atom. The molecule has 3 aromatic carbocycles. The van der Waals surface area contributed by atoms with E-state index in [4.69, 9.17) is 4.74 Å². The van der Waals surface area contributed by atoms with Crippen molar-refractivity contribution in [3.05, 3.63) is 106 Å². The number of benzene rings is 3. The van der Waals surface area contributed by atoms with Crippen molar-refractivity contribution in [1.82, 2.24) is 4.90 Å². The molecule has 0 saturated carbocycles. The number of ether oxygens (including phenoxy) is 1. The van der Waals surface area contributed by atoms with Crippen LogP contribution in [0.4, 0.5) is 0 Å². The number of carbonyl (C=O) groups excluding carboxylic acids is 2. The number of nitrogens with one attached hydrogen (secondary N) is 1. The van der Waals surface area contributed by atoms with Gasteiger partial charge < -0.3 is 19.6 Å². The number of aryl methyl sites for hydroxylation is 2. The Kier molecular flexibility index (Phi) is 7.55. The Morgan fingerprint density at radius 2 is 1.67 bits per heavy atom. The van der Waals surface area contributed by atoms with E-state index in [1.54, 1.807) is 18.2 Å². The number of carbonyl (C=O) groups is 2. The number of Topliss-reactive ketones (excluding diaryl/α,β-unsaturated/α-hetero) is 1. The van der Waals surface area contributed by atoms with Gasteiger partial charge in [-0.3, -0.25) is 9.59 Å². The van der Waals surface area contributed by atoms with Crippen LogP contribution in [0.5, 0.6) is 5.75 Å². The molecule has 6 heteroatoms. The molecular weight excluding hydrogens is 452 g/mol. The summed E-state index contributed by atoms with van der Waals surface area (Å²) in [6.45, 7) is 5.30. The van der Waals surface area contributed by atoms with Gasteiger partial charge in [0.25, 0.3) is 5.91 Å². The maximum Gasteiger partial charge on any atom is 0.295 e. The number of ketones is 1. The molecule has 6 nitrogen and oxygen atoms in total. The van der Waals surface area contributed by atoms with Crippen molar-refractivity contribution in [1.29, 1.82) is 0 Å². The zero-order valence-electron chi connectivity index (χ0n) is 21.2. The van der Waals surface area contributed by atoms with E-state index in [9.17, 15) is 14.7 Å². The SMILES string of the molecule is Cc1ccc(C2C(=C([O-])c3ccc(OCc4ccccc4)c(C)c3)C(=O)C(=O)N2CC[NH+](C)C)cc1. The van der Waals surface area contributed by atoms with Gasteiger partial charge in [0.15, 0.2) is 0 Å². The fourth-order valence-electron chi connectivity index (χ4n) is 4.38. The van der Waals surface area contributed by atoms with Crippen LogP contribution in [-0.4, -0.2) is 43.8 Å². The predicted molar refractivity (Wildman–Crippen MR) is 137 cm³/mol. The second-order valence-corrected chi connectivity index (χ2v) is 9.60. The minimum Gasteiger partial charge on any atom is -0.872 e. The van der Waals surface area contributed by atoms with Crippen LogP contribution < -0.4 is 14.7 Å². The summed E-state index contributed by atoms with van der Waals surface area (Å²) < 4.78 is 5.94. The molecule has 1 aliphatic heterocycles. The highest BCUT2D eigenvalue weighted by Crippen LogP contribution is 2.39. The van der Waals surface area contributed by atoms with Gasteiger partial charge in [-0.05, 0) is 48.2 Å². The summed E-state index contributed by atoms with van der Waals surface area (Å²) in [4.78, 5) is 28.9. The monoisotopic (exact) mass is 484 g/mol. The highest BCUT2D eigenvalue weighted by molar-refractivity contribution is 6.46. The molecule has 0 radical (unpaired) electrons. The van der Waals surface area contributed by atoms with E-state index >= 15 is 0 Å². The molecular formula is C30H32N2O4. The largest absolute Gasteiger partial charge is 0.872 e.